The minimum atomic E-state index is -3.56. The van der Waals surface area contributed by atoms with Crippen molar-refractivity contribution in [2.75, 3.05) is 17.6 Å². The fourth-order valence-corrected chi connectivity index (χ4v) is 2.83. The second kappa shape index (κ2) is 8.68. The van der Waals surface area contributed by atoms with Crippen LogP contribution in [0.1, 0.15) is 15.9 Å². The van der Waals surface area contributed by atoms with Gasteiger partial charge >= 0.3 is 5.97 Å². The van der Waals surface area contributed by atoms with Crippen LogP contribution in [0.25, 0.3) is 0 Å². The number of ether oxygens (including phenoxy) is 1. The van der Waals surface area contributed by atoms with Crippen LogP contribution in [0, 0.1) is 0 Å². The summed E-state index contributed by atoms with van der Waals surface area (Å²) >= 11 is 5.99. The Morgan fingerprint density at radius 3 is 2.42 bits per heavy atom. The summed E-state index contributed by atoms with van der Waals surface area (Å²) in [5.74, 6) is -1.32. The normalized spacial score (nSPS) is 10.8. The zero-order valence-corrected chi connectivity index (χ0v) is 15.4. The fourth-order valence-electron chi connectivity index (χ4n) is 2.05. The first-order valence-electron chi connectivity index (χ1n) is 7.50. The first-order chi connectivity index (χ1) is 12.3. The van der Waals surface area contributed by atoms with Gasteiger partial charge in [-0.25, -0.2) is 13.2 Å². The molecule has 0 spiro atoms. The molecule has 0 saturated heterocycles. The molecule has 0 atom stereocenters. The summed E-state index contributed by atoms with van der Waals surface area (Å²) in [4.78, 5) is 24.0. The third-order valence-electron chi connectivity index (χ3n) is 3.21. The minimum absolute atomic E-state index is 0.0110. The van der Waals surface area contributed by atoms with Crippen molar-refractivity contribution in [1.82, 2.24) is 5.32 Å². The minimum Gasteiger partial charge on any atom is -0.452 e. The van der Waals surface area contributed by atoms with Crippen molar-refractivity contribution >= 4 is 39.2 Å². The molecule has 2 N–H and O–H groups in total. The molecule has 0 aliphatic carbocycles. The highest BCUT2D eigenvalue weighted by molar-refractivity contribution is 7.92. The molecule has 0 heterocycles. The molecule has 0 bridgehead atoms. The number of amides is 1. The molecule has 2 aromatic carbocycles. The van der Waals surface area contributed by atoms with E-state index < -0.39 is 28.5 Å². The molecular formula is C17H17ClN2O5S. The van der Waals surface area contributed by atoms with Crippen LogP contribution in [0.3, 0.4) is 0 Å². The number of carbonyl (C=O) groups is 2. The van der Waals surface area contributed by atoms with Crippen molar-refractivity contribution < 1.29 is 22.7 Å². The Morgan fingerprint density at radius 1 is 1.08 bits per heavy atom. The van der Waals surface area contributed by atoms with Crippen LogP contribution >= 0.6 is 11.6 Å². The van der Waals surface area contributed by atoms with Gasteiger partial charge in [0.05, 0.1) is 17.5 Å². The summed E-state index contributed by atoms with van der Waals surface area (Å²) in [7, 11) is -3.56. The van der Waals surface area contributed by atoms with E-state index in [0.29, 0.717) is 5.02 Å². The first kappa shape index (κ1) is 19.7. The van der Waals surface area contributed by atoms with Crippen LogP contribution in [0.5, 0.6) is 0 Å². The summed E-state index contributed by atoms with van der Waals surface area (Å²) in [5.41, 5.74) is 0.824. The number of para-hydroxylation sites is 1. The molecule has 0 radical (unpaired) electrons. The van der Waals surface area contributed by atoms with Crippen LogP contribution in [-0.4, -0.2) is 33.2 Å². The highest BCUT2D eigenvalue weighted by atomic mass is 35.5. The molecule has 9 heteroatoms. The van der Waals surface area contributed by atoms with E-state index in [-0.39, 0.29) is 17.8 Å². The highest BCUT2D eigenvalue weighted by Gasteiger charge is 2.16. The van der Waals surface area contributed by atoms with Gasteiger partial charge in [0.2, 0.25) is 10.0 Å². The lowest BCUT2D eigenvalue weighted by Gasteiger charge is -2.11. The maximum atomic E-state index is 12.1. The molecular weight excluding hydrogens is 380 g/mol. The maximum absolute atomic E-state index is 12.1. The smallest absolute Gasteiger partial charge is 0.340 e. The number of carbonyl (C=O) groups excluding carboxylic acids is 2. The van der Waals surface area contributed by atoms with E-state index in [1.54, 1.807) is 36.4 Å². The molecule has 26 heavy (non-hydrogen) atoms. The van der Waals surface area contributed by atoms with Crippen molar-refractivity contribution in [3.8, 4) is 0 Å². The lowest BCUT2D eigenvalue weighted by Crippen LogP contribution is -2.28. The largest absolute Gasteiger partial charge is 0.452 e. The van der Waals surface area contributed by atoms with E-state index in [0.717, 1.165) is 11.8 Å². The highest BCUT2D eigenvalue weighted by Crippen LogP contribution is 2.17. The molecule has 0 aliphatic rings. The Labute approximate surface area is 156 Å². The van der Waals surface area contributed by atoms with Crippen molar-refractivity contribution in [3.05, 3.63) is 64.7 Å². The zero-order valence-electron chi connectivity index (χ0n) is 13.9. The van der Waals surface area contributed by atoms with Crippen molar-refractivity contribution in [3.63, 3.8) is 0 Å². The van der Waals surface area contributed by atoms with Crippen molar-refractivity contribution in [2.45, 2.75) is 6.54 Å². The second-order valence-corrected chi connectivity index (χ2v) is 7.52. The number of rotatable bonds is 7. The summed E-state index contributed by atoms with van der Waals surface area (Å²) in [6.45, 7) is -0.307. The number of hydrogen-bond donors (Lipinski definition) is 2. The van der Waals surface area contributed by atoms with Crippen LogP contribution in [-0.2, 0) is 26.1 Å². The van der Waals surface area contributed by atoms with Gasteiger partial charge in [0.25, 0.3) is 5.91 Å². The van der Waals surface area contributed by atoms with Gasteiger partial charge in [-0.05, 0) is 23.8 Å². The molecule has 0 saturated carbocycles. The number of sulfonamides is 1. The fraction of sp³-hybridized carbons (Fsp3) is 0.176. The van der Waals surface area contributed by atoms with Crippen LogP contribution in [0.15, 0.2) is 48.5 Å². The SMILES string of the molecule is CS(=O)(=O)Nc1ccccc1C(=O)OCC(=O)NCc1ccccc1Cl. The van der Waals surface area contributed by atoms with Gasteiger partial charge in [-0.15, -0.1) is 0 Å². The molecule has 0 unspecified atom stereocenters. The Balaban J connectivity index is 1.92. The Morgan fingerprint density at radius 2 is 1.73 bits per heavy atom. The first-order valence-corrected chi connectivity index (χ1v) is 9.77. The molecule has 7 nitrogen and oxygen atoms in total. The third-order valence-corrected chi connectivity index (χ3v) is 4.17. The van der Waals surface area contributed by atoms with Crippen molar-refractivity contribution in [2.24, 2.45) is 0 Å². The van der Waals surface area contributed by atoms with Gasteiger partial charge < -0.3 is 10.1 Å². The number of esters is 1. The Hall–Kier alpha value is -2.58. The van der Waals surface area contributed by atoms with E-state index in [1.165, 1.54) is 12.1 Å². The van der Waals surface area contributed by atoms with Gasteiger partial charge in [0.15, 0.2) is 6.61 Å². The molecule has 1 amide bonds. The zero-order chi connectivity index (χ0) is 19.2. The number of anilines is 1. The van der Waals surface area contributed by atoms with Gasteiger partial charge in [-0.2, -0.15) is 0 Å². The predicted molar refractivity (Wildman–Crippen MR) is 98.5 cm³/mol. The van der Waals surface area contributed by atoms with Gasteiger partial charge in [0, 0.05) is 11.6 Å². The third kappa shape index (κ3) is 6.05. The van der Waals surface area contributed by atoms with Crippen LogP contribution in [0.2, 0.25) is 5.02 Å². The van der Waals surface area contributed by atoms with Gasteiger partial charge in [0.1, 0.15) is 0 Å². The number of hydrogen-bond acceptors (Lipinski definition) is 5. The van der Waals surface area contributed by atoms with E-state index >= 15 is 0 Å². The molecule has 138 valence electrons. The number of nitrogens with one attached hydrogen (secondary N) is 2. The summed E-state index contributed by atoms with van der Waals surface area (Å²) in [6, 6.07) is 13.0. The lowest BCUT2D eigenvalue weighted by molar-refractivity contribution is -0.124. The molecule has 0 fully saturated rings. The molecule has 2 aromatic rings. The molecule has 0 aromatic heterocycles. The van der Waals surface area contributed by atoms with Crippen LogP contribution in [0.4, 0.5) is 5.69 Å². The van der Waals surface area contributed by atoms with Crippen molar-refractivity contribution in [1.29, 1.82) is 0 Å². The number of benzene rings is 2. The topological polar surface area (TPSA) is 102 Å². The molecule has 2 rings (SSSR count). The van der Waals surface area contributed by atoms with Gasteiger partial charge in [-0.3, -0.25) is 9.52 Å². The summed E-state index contributed by atoms with van der Waals surface area (Å²) in [5, 5.41) is 3.11. The maximum Gasteiger partial charge on any atom is 0.340 e. The van der Waals surface area contributed by atoms with E-state index in [2.05, 4.69) is 10.0 Å². The number of halogens is 1. The van der Waals surface area contributed by atoms with E-state index in [4.69, 9.17) is 16.3 Å². The second-order valence-electron chi connectivity index (χ2n) is 5.36. The monoisotopic (exact) mass is 396 g/mol. The summed E-state index contributed by atoms with van der Waals surface area (Å²) < 4.78 is 29.9. The Kier molecular flexibility index (Phi) is 6.59. The average Bonchev–Trinajstić information content (AvgIpc) is 2.58. The van der Waals surface area contributed by atoms with E-state index in [1.807, 2.05) is 0 Å². The average molecular weight is 397 g/mol. The standard InChI is InChI=1S/C17H17ClN2O5S/c1-26(23,24)20-15-9-5-3-7-13(15)17(22)25-11-16(21)19-10-12-6-2-4-8-14(12)18/h2-9,20H,10-11H2,1H3,(H,19,21). The predicted octanol–water partition coefficient (Wildman–Crippen LogP) is 2.18. The lowest BCUT2D eigenvalue weighted by atomic mass is 10.2. The van der Waals surface area contributed by atoms with Gasteiger partial charge in [-0.1, -0.05) is 41.9 Å². The Bertz CT molecular complexity index is 915. The van der Waals surface area contributed by atoms with E-state index in [9.17, 15) is 18.0 Å². The quantitative estimate of drug-likeness (QED) is 0.698. The molecule has 0 aliphatic heterocycles. The van der Waals surface area contributed by atoms with Crippen LogP contribution < -0.4 is 10.0 Å². The summed E-state index contributed by atoms with van der Waals surface area (Å²) in [6.07, 6.45) is 0.970.